The molecule has 0 aliphatic heterocycles. The largest absolute Gasteiger partial charge is 0.494 e. The van der Waals surface area contributed by atoms with E-state index in [4.69, 9.17) is 4.74 Å². The van der Waals surface area contributed by atoms with Crippen LogP contribution in [0, 0.1) is 0 Å². The third kappa shape index (κ3) is 3.85. The monoisotopic (exact) mass is 308 g/mol. The molecular weight excluding hydrogens is 292 g/mol. The van der Waals surface area contributed by atoms with Crippen molar-refractivity contribution in [2.45, 2.75) is 18.2 Å². The first-order valence-electron chi connectivity index (χ1n) is 6.46. The van der Waals surface area contributed by atoms with Gasteiger partial charge in [-0.05, 0) is 18.6 Å². The number of sulfonamides is 1. The molecular formula is C14H16N2O4S. The van der Waals surface area contributed by atoms with Crippen LogP contribution in [-0.2, 0) is 10.0 Å². The Labute approximate surface area is 122 Å². The normalized spacial score (nSPS) is 11.1. The third-order valence-corrected chi connectivity index (χ3v) is 4.04. The number of H-pyrrole nitrogens is 1. The predicted molar refractivity (Wildman–Crippen MR) is 80.1 cm³/mol. The molecule has 0 aliphatic carbocycles. The molecule has 0 saturated heterocycles. The van der Waals surface area contributed by atoms with Gasteiger partial charge in [0.15, 0.2) is 4.90 Å². The van der Waals surface area contributed by atoms with Crippen molar-refractivity contribution in [2.24, 2.45) is 0 Å². The molecule has 0 atom stereocenters. The predicted octanol–water partition coefficient (Wildman–Crippen LogP) is 1.96. The Bertz CT molecular complexity index is 768. The minimum absolute atomic E-state index is 0.329. The standard InChI is InChI=1S/C14H16N2O4S/c1-2-8-20-12-5-3-4-11(9-12)16-21(18,19)14-10-15-7-6-13(14)17/h3-7,9-10,16H,2,8H2,1H3,(H,15,17). The zero-order chi connectivity index (χ0) is 15.3. The van der Waals surface area contributed by atoms with Crippen LogP contribution >= 0.6 is 0 Å². The van der Waals surface area contributed by atoms with Gasteiger partial charge in [-0.2, -0.15) is 0 Å². The molecule has 1 aromatic carbocycles. The SMILES string of the molecule is CCCOc1cccc(NS(=O)(=O)c2c[nH]ccc2=O)c1. The Morgan fingerprint density at radius 3 is 2.81 bits per heavy atom. The molecule has 0 saturated carbocycles. The molecule has 0 aliphatic rings. The summed E-state index contributed by atoms with van der Waals surface area (Å²) in [6, 6.07) is 7.74. The number of benzene rings is 1. The van der Waals surface area contributed by atoms with Crippen LogP contribution in [0.15, 0.2) is 52.4 Å². The van der Waals surface area contributed by atoms with Crippen molar-refractivity contribution in [1.82, 2.24) is 4.98 Å². The summed E-state index contributed by atoms with van der Waals surface area (Å²) in [5.41, 5.74) is -0.230. The molecule has 0 unspecified atom stereocenters. The topological polar surface area (TPSA) is 88.3 Å². The Balaban J connectivity index is 2.25. The maximum Gasteiger partial charge on any atom is 0.267 e. The summed E-state index contributed by atoms with van der Waals surface area (Å²) in [7, 11) is -3.93. The van der Waals surface area contributed by atoms with E-state index in [0.717, 1.165) is 18.7 Å². The van der Waals surface area contributed by atoms with Gasteiger partial charge >= 0.3 is 0 Å². The molecule has 1 heterocycles. The Morgan fingerprint density at radius 2 is 2.10 bits per heavy atom. The van der Waals surface area contributed by atoms with Crippen molar-refractivity contribution < 1.29 is 13.2 Å². The van der Waals surface area contributed by atoms with Gasteiger partial charge in [0, 0.05) is 24.5 Å². The van der Waals surface area contributed by atoms with Gasteiger partial charge in [-0.25, -0.2) is 8.42 Å². The lowest BCUT2D eigenvalue weighted by molar-refractivity contribution is 0.317. The second-order valence-corrected chi connectivity index (χ2v) is 6.01. The highest BCUT2D eigenvalue weighted by atomic mass is 32.2. The highest BCUT2D eigenvalue weighted by Crippen LogP contribution is 2.19. The van der Waals surface area contributed by atoms with Gasteiger partial charge in [0.25, 0.3) is 10.0 Å². The highest BCUT2D eigenvalue weighted by Gasteiger charge is 2.17. The Kier molecular flexibility index (Phi) is 4.64. The quantitative estimate of drug-likeness (QED) is 0.854. The molecule has 2 rings (SSSR count). The first-order valence-corrected chi connectivity index (χ1v) is 7.94. The number of hydrogen-bond acceptors (Lipinski definition) is 4. The van der Waals surface area contributed by atoms with E-state index in [1.807, 2.05) is 6.92 Å². The lowest BCUT2D eigenvalue weighted by Gasteiger charge is -2.09. The molecule has 0 fully saturated rings. The minimum Gasteiger partial charge on any atom is -0.494 e. The van der Waals surface area contributed by atoms with Gasteiger partial charge in [0.05, 0.1) is 12.3 Å². The van der Waals surface area contributed by atoms with E-state index < -0.39 is 15.5 Å². The number of nitrogens with one attached hydrogen (secondary N) is 2. The van der Waals surface area contributed by atoms with Crippen LogP contribution in [0.4, 0.5) is 5.69 Å². The second-order valence-electron chi connectivity index (χ2n) is 4.35. The summed E-state index contributed by atoms with van der Waals surface area (Å²) in [6.45, 7) is 2.53. The minimum atomic E-state index is -3.93. The lowest BCUT2D eigenvalue weighted by Crippen LogP contribution is -2.20. The number of aromatic amines is 1. The van der Waals surface area contributed by atoms with E-state index in [1.54, 1.807) is 24.3 Å². The summed E-state index contributed by atoms with van der Waals surface area (Å²) in [5, 5.41) is 0. The molecule has 2 N–H and O–H groups in total. The van der Waals surface area contributed by atoms with Crippen molar-refractivity contribution in [3.05, 3.63) is 52.9 Å². The fraction of sp³-hybridized carbons (Fsp3) is 0.214. The first-order chi connectivity index (χ1) is 10.0. The average Bonchev–Trinajstić information content (AvgIpc) is 2.45. The van der Waals surface area contributed by atoms with E-state index in [1.165, 1.54) is 6.20 Å². The number of hydrogen-bond donors (Lipinski definition) is 2. The average molecular weight is 308 g/mol. The van der Waals surface area contributed by atoms with Crippen LogP contribution in [0.3, 0.4) is 0 Å². The highest BCUT2D eigenvalue weighted by molar-refractivity contribution is 7.92. The van der Waals surface area contributed by atoms with E-state index in [2.05, 4.69) is 9.71 Å². The van der Waals surface area contributed by atoms with Gasteiger partial charge in [-0.15, -0.1) is 0 Å². The molecule has 0 amide bonds. The Hall–Kier alpha value is -2.28. The molecule has 2 aromatic rings. The molecule has 0 spiro atoms. The summed E-state index contributed by atoms with van der Waals surface area (Å²) in [5.74, 6) is 0.569. The van der Waals surface area contributed by atoms with Crippen molar-refractivity contribution in [1.29, 1.82) is 0 Å². The number of pyridine rings is 1. The van der Waals surface area contributed by atoms with Crippen LogP contribution < -0.4 is 14.9 Å². The van der Waals surface area contributed by atoms with Gasteiger partial charge in [0.2, 0.25) is 5.43 Å². The van der Waals surface area contributed by atoms with E-state index >= 15 is 0 Å². The molecule has 0 radical (unpaired) electrons. The van der Waals surface area contributed by atoms with Gasteiger partial charge in [0.1, 0.15) is 5.75 Å². The van der Waals surface area contributed by atoms with Crippen LogP contribution in [0.1, 0.15) is 13.3 Å². The zero-order valence-corrected chi connectivity index (χ0v) is 12.3. The fourth-order valence-corrected chi connectivity index (χ4v) is 2.79. The van der Waals surface area contributed by atoms with Crippen LogP contribution in [0.2, 0.25) is 0 Å². The summed E-state index contributed by atoms with van der Waals surface area (Å²) < 4.78 is 32.2. The molecule has 0 bridgehead atoms. The van der Waals surface area contributed by atoms with Crippen molar-refractivity contribution in [3.63, 3.8) is 0 Å². The fourth-order valence-electron chi connectivity index (χ4n) is 1.69. The van der Waals surface area contributed by atoms with Gasteiger partial charge in [-0.1, -0.05) is 13.0 Å². The number of aromatic nitrogens is 1. The van der Waals surface area contributed by atoms with Crippen LogP contribution in [0.25, 0.3) is 0 Å². The van der Waals surface area contributed by atoms with Crippen molar-refractivity contribution >= 4 is 15.7 Å². The number of anilines is 1. The molecule has 112 valence electrons. The van der Waals surface area contributed by atoms with E-state index in [-0.39, 0.29) is 4.90 Å². The van der Waals surface area contributed by atoms with Crippen molar-refractivity contribution in [3.8, 4) is 5.75 Å². The summed E-state index contributed by atoms with van der Waals surface area (Å²) in [6.07, 6.45) is 3.39. The maximum atomic E-state index is 12.2. The van der Waals surface area contributed by atoms with Crippen LogP contribution in [-0.4, -0.2) is 20.0 Å². The van der Waals surface area contributed by atoms with E-state index in [9.17, 15) is 13.2 Å². The van der Waals surface area contributed by atoms with Gasteiger partial charge < -0.3 is 9.72 Å². The maximum absolute atomic E-state index is 12.2. The van der Waals surface area contributed by atoms with Crippen molar-refractivity contribution in [2.75, 3.05) is 11.3 Å². The van der Waals surface area contributed by atoms with Gasteiger partial charge in [-0.3, -0.25) is 9.52 Å². The second kappa shape index (κ2) is 6.45. The number of rotatable bonds is 6. The lowest BCUT2D eigenvalue weighted by atomic mass is 10.3. The third-order valence-electron chi connectivity index (χ3n) is 2.64. The van der Waals surface area contributed by atoms with E-state index in [0.29, 0.717) is 18.0 Å². The zero-order valence-electron chi connectivity index (χ0n) is 11.5. The molecule has 1 aromatic heterocycles. The molecule has 21 heavy (non-hydrogen) atoms. The number of ether oxygens (including phenoxy) is 1. The first kappa shape index (κ1) is 15.1. The smallest absolute Gasteiger partial charge is 0.267 e. The Morgan fingerprint density at radius 1 is 1.29 bits per heavy atom. The van der Waals surface area contributed by atoms with Crippen LogP contribution in [0.5, 0.6) is 5.75 Å². The molecule has 6 nitrogen and oxygen atoms in total. The summed E-state index contributed by atoms with van der Waals surface area (Å²) in [4.78, 5) is 13.9. The summed E-state index contributed by atoms with van der Waals surface area (Å²) >= 11 is 0. The molecule has 7 heteroatoms.